The van der Waals surface area contributed by atoms with Gasteiger partial charge in [0.15, 0.2) is 0 Å². The summed E-state index contributed by atoms with van der Waals surface area (Å²) in [5.41, 5.74) is 6.15. The van der Waals surface area contributed by atoms with Gasteiger partial charge >= 0.3 is 98.8 Å². The summed E-state index contributed by atoms with van der Waals surface area (Å²) in [6.07, 6.45) is 19.3. The van der Waals surface area contributed by atoms with Crippen molar-refractivity contribution in [3.05, 3.63) is 106 Å². The Hall–Kier alpha value is -3.14. The summed E-state index contributed by atoms with van der Waals surface area (Å²) in [7, 11) is 6.89. The van der Waals surface area contributed by atoms with Crippen LogP contribution in [-0.2, 0) is 27.3 Å². The molecule has 6 rings (SSSR count). The molecule has 0 amide bonds. The second-order valence-corrected chi connectivity index (χ2v) is 31.6. The van der Waals surface area contributed by atoms with Gasteiger partial charge in [0.2, 0.25) is 0 Å². The number of ether oxygens (including phenoxy) is 3. The van der Waals surface area contributed by atoms with E-state index in [-0.39, 0.29) is 0 Å². The van der Waals surface area contributed by atoms with Gasteiger partial charge in [-0.25, -0.2) is 0 Å². The summed E-state index contributed by atoms with van der Waals surface area (Å²) in [6.45, 7) is 22.1. The van der Waals surface area contributed by atoms with E-state index in [0.29, 0.717) is 5.56 Å². The van der Waals surface area contributed by atoms with Crippen LogP contribution >= 0.6 is 8.92 Å². The zero-order valence-corrected chi connectivity index (χ0v) is 41.4. The van der Waals surface area contributed by atoms with Gasteiger partial charge in [0.1, 0.15) is 6.29 Å². The van der Waals surface area contributed by atoms with E-state index in [4.69, 9.17) is 36.0 Å². The minimum atomic E-state index is -2.09. The number of benzene rings is 3. The number of carbonyl (C=O) groups excluding carboxylic acids is 1. The third-order valence-corrected chi connectivity index (χ3v) is 24.9. The van der Waals surface area contributed by atoms with Crippen molar-refractivity contribution >= 4 is 32.5 Å². The molecular weight excluding hydrogens is 885 g/mol. The maximum atomic E-state index is 10.2. The molecule has 0 aliphatic carbocycles. The molecule has 3 aromatic carbocycles. The van der Waals surface area contributed by atoms with Crippen LogP contribution in [0.15, 0.2) is 72.8 Å². The van der Waals surface area contributed by atoms with E-state index in [9.17, 15) is 4.79 Å². The van der Waals surface area contributed by atoms with Crippen LogP contribution in [0.1, 0.15) is 104 Å². The number of hydrogen-bond acceptors (Lipinski definition) is 7. The summed E-state index contributed by atoms with van der Waals surface area (Å²) in [6, 6.07) is 23.6. The Labute approximate surface area is 378 Å². The monoisotopic (exact) mass is 959 g/mol. The van der Waals surface area contributed by atoms with Gasteiger partial charge in [-0.1, -0.05) is 54.2 Å². The number of hydrogen-bond donors (Lipinski definition) is 1. The molecule has 3 heterocycles. The molecule has 0 spiro atoms. The van der Waals surface area contributed by atoms with Crippen molar-refractivity contribution in [1.82, 2.24) is 15.1 Å². The number of nitrogens with zero attached hydrogens (tertiary/aromatic N) is 2. The molecule has 3 aliphatic heterocycles. The fourth-order valence-electron chi connectivity index (χ4n) is 6.61. The van der Waals surface area contributed by atoms with Gasteiger partial charge in [-0.15, -0.1) is 18.8 Å². The first-order chi connectivity index (χ1) is 29.8. The Morgan fingerprint density at radius 2 is 1.00 bits per heavy atom. The second kappa shape index (κ2) is 35.3. The number of unbranched alkanes of at least 4 members (excludes halogenated alkanes) is 3. The van der Waals surface area contributed by atoms with Crippen LogP contribution in [0.5, 0.6) is 0 Å². The third kappa shape index (κ3) is 26.2. The first-order valence-electron chi connectivity index (χ1n) is 22.5. The maximum absolute atomic E-state index is 10.2. The van der Waals surface area contributed by atoms with Crippen molar-refractivity contribution in [2.75, 3.05) is 78.9 Å². The molecule has 9 heteroatoms. The van der Waals surface area contributed by atoms with Crippen molar-refractivity contribution in [3.8, 4) is 36.5 Å². The zero-order chi connectivity index (χ0) is 44.2. The average Bonchev–Trinajstić information content (AvgIpc) is 3.33. The van der Waals surface area contributed by atoms with Crippen molar-refractivity contribution in [1.29, 1.82) is 0 Å². The quantitative estimate of drug-likeness (QED) is 0.0982. The number of nitrogens with one attached hydrogen (secondary N) is 1. The van der Waals surface area contributed by atoms with E-state index in [1.807, 2.05) is 19.1 Å². The molecular formula is C52H74ClN3O4Sn. The Kier molecular flexibility index (Phi) is 31.3. The first kappa shape index (κ1) is 54.0. The van der Waals surface area contributed by atoms with Crippen LogP contribution in [-0.4, -0.2) is 112 Å². The summed E-state index contributed by atoms with van der Waals surface area (Å²) in [5, 5.41) is 3.16. The molecule has 0 unspecified atom stereocenters. The van der Waals surface area contributed by atoms with E-state index in [1.165, 1.54) is 63.0 Å². The zero-order valence-electron chi connectivity index (χ0n) is 37.8. The Morgan fingerprint density at radius 1 is 0.623 bits per heavy atom. The molecule has 3 fully saturated rings. The standard InChI is InChI=1S/C14H17NO.C13H15NO.C9H6O.C4H9NO.3C4H9.ClH.Sn/c1-2-3-13-4-6-14(7-5-13)12-15-8-10-16-11-9-15;1-2-12-3-5-13(6-4-12)11-14-7-9-15-10-8-14;1-2-8-3-5-9(7-10)6-4-8;1-3-6-4-2-5-1;3*1-3-4-2;;/h4-7H,8-12H2,1H3;1,3-6H,7-11H2;1,3-7H;5H,1-4H2;3*1,3-4H2,2H3;1H;/q;;;;;;;;+1/p-1. The SMILES string of the molecule is C#Cc1ccc(C=O)cc1.C#Cc1ccc(CN2CCOCC2)cc1.C1COCCN1.CC#Cc1ccc(CN2CCOCC2)cc1.CCC[CH2][Sn]([Cl])([CH2]CCC)[CH2]CCC. The number of morpholine rings is 3. The first-order valence-corrected chi connectivity index (χ1v) is 32.1. The molecule has 0 atom stereocenters. The van der Waals surface area contributed by atoms with Crippen molar-refractivity contribution in [2.45, 2.75) is 92.6 Å². The van der Waals surface area contributed by atoms with Gasteiger partial charge in [0, 0.05) is 74.6 Å². The fourth-order valence-corrected chi connectivity index (χ4v) is 19.9. The van der Waals surface area contributed by atoms with Gasteiger partial charge in [0.25, 0.3) is 0 Å². The van der Waals surface area contributed by atoms with Crippen LogP contribution in [0.2, 0.25) is 13.3 Å². The molecule has 0 radical (unpaired) electrons. The molecule has 0 saturated carbocycles. The van der Waals surface area contributed by atoms with Crippen molar-refractivity contribution < 1.29 is 19.0 Å². The molecule has 7 nitrogen and oxygen atoms in total. The Balaban J connectivity index is 0.000000270. The molecule has 3 aromatic rings. The van der Waals surface area contributed by atoms with Gasteiger partial charge < -0.3 is 19.5 Å². The molecule has 0 bridgehead atoms. The van der Waals surface area contributed by atoms with Gasteiger partial charge in [-0.2, -0.15) is 0 Å². The van der Waals surface area contributed by atoms with E-state index < -0.39 is 17.3 Å². The molecule has 332 valence electrons. The number of halogens is 1. The molecule has 61 heavy (non-hydrogen) atoms. The number of terminal acetylenes is 2. The van der Waals surface area contributed by atoms with Crippen LogP contribution in [0.4, 0.5) is 0 Å². The van der Waals surface area contributed by atoms with Gasteiger partial charge in [0.05, 0.1) is 39.6 Å². The molecule has 3 saturated heterocycles. The predicted molar refractivity (Wildman–Crippen MR) is 260 cm³/mol. The summed E-state index contributed by atoms with van der Waals surface area (Å²) in [5.74, 6) is 11.0. The Morgan fingerprint density at radius 3 is 1.31 bits per heavy atom. The van der Waals surface area contributed by atoms with Gasteiger partial charge in [-0.3, -0.25) is 14.6 Å². The minimum absolute atomic E-state index is 0.652. The topological polar surface area (TPSA) is 63.3 Å². The van der Waals surface area contributed by atoms with Crippen LogP contribution in [0.25, 0.3) is 0 Å². The van der Waals surface area contributed by atoms with Crippen LogP contribution in [0.3, 0.4) is 0 Å². The van der Waals surface area contributed by atoms with Gasteiger partial charge in [-0.05, 0) is 54.4 Å². The molecule has 0 aromatic heterocycles. The Bertz CT molecular complexity index is 1660. The molecule has 1 N–H and O–H groups in total. The predicted octanol–water partition coefficient (Wildman–Crippen LogP) is 10.0. The molecule has 3 aliphatic rings. The number of aldehydes is 1. The van der Waals surface area contributed by atoms with E-state index in [0.717, 1.165) is 115 Å². The fraction of sp³-hybridized carbons (Fsp3) is 0.519. The van der Waals surface area contributed by atoms with Crippen LogP contribution in [0, 0.1) is 36.5 Å². The van der Waals surface area contributed by atoms with Crippen molar-refractivity contribution in [3.63, 3.8) is 0 Å². The summed E-state index contributed by atoms with van der Waals surface area (Å²) >= 11 is -2.09. The average molecular weight is 959 g/mol. The summed E-state index contributed by atoms with van der Waals surface area (Å²) in [4.78, 5) is 15.0. The van der Waals surface area contributed by atoms with E-state index >= 15 is 0 Å². The van der Waals surface area contributed by atoms with E-state index in [2.05, 4.69) is 96.0 Å². The number of carbonyl (C=O) groups is 1. The van der Waals surface area contributed by atoms with Crippen molar-refractivity contribution in [2.24, 2.45) is 0 Å². The van der Waals surface area contributed by atoms with Crippen LogP contribution < -0.4 is 5.32 Å². The summed E-state index contributed by atoms with van der Waals surface area (Å²) < 4.78 is 19.9. The normalized spacial score (nSPS) is 15.1. The second-order valence-electron chi connectivity index (χ2n) is 15.4. The van der Waals surface area contributed by atoms with E-state index in [1.54, 1.807) is 24.3 Å². The number of rotatable bonds is 14. The third-order valence-electron chi connectivity index (χ3n) is 10.4.